The molecule has 220 valence electrons. The molecule has 3 aliphatic rings. The summed E-state index contributed by atoms with van der Waals surface area (Å²) in [6.07, 6.45) is -5.50. The zero-order valence-electron chi connectivity index (χ0n) is 22.8. The van der Waals surface area contributed by atoms with E-state index in [9.17, 15) is 36.4 Å². The van der Waals surface area contributed by atoms with Gasteiger partial charge in [-0.1, -0.05) is 29.8 Å². The topological polar surface area (TPSA) is 56.1 Å². The predicted molar refractivity (Wildman–Crippen MR) is 140 cm³/mol. The van der Waals surface area contributed by atoms with Crippen molar-refractivity contribution in [3.05, 3.63) is 70.3 Å². The van der Waals surface area contributed by atoms with Gasteiger partial charge in [0.1, 0.15) is 0 Å². The van der Waals surface area contributed by atoms with Gasteiger partial charge in [-0.05, 0) is 99.7 Å². The van der Waals surface area contributed by atoms with Crippen molar-refractivity contribution in [3.8, 4) is 6.07 Å². The van der Waals surface area contributed by atoms with E-state index in [4.69, 9.17) is 0 Å². The minimum atomic E-state index is -4.96. The number of benzene rings is 2. The molecule has 3 fully saturated rings. The first-order valence-electron chi connectivity index (χ1n) is 14.1. The Bertz CT molecular complexity index is 1270. The third-order valence-electron chi connectivity index (χ3n) is 9.34. The lowest BCUT2D eigenvalue weighted by atomic mass is 9.78. The molecule has 1 saturated heterocycles. The Morgan fingerprint density at radius 1 is 1.00 bits per heavy atom. The van der Waals surface area contributed by atoms with Gasteiger partial charge in [0.15, 0.2) is 0 Å². The first-order chi connectivity index (χ1) is 19.3. The fourth-order valence-electron chi connectivity index (χ4n) is 6.94. The molecule has 4 unspecified atom stereocenters. The van der Waals surface area contributed by atoms with Gasteiger partial charge in [0.25, 0.3) is 0 Å². The number of nitrogens with one attached hydrogen (secondary N) is 1. The van der Waals surface area contributed by atoms with E-state index in [2.05, 4.69) is 47.5 Å². The number of hydrogen-bond acceptors (Lipinski definition) is 3. The number of carbonyl (C=O) groups excluding carboxylic acids is 1. The number of nitriles is 1. The van der Waals surface area contributed by atoms with Gasteiger partial charge in [-0.2, -0.15) is 31.6 Å². The lowest BCUT2D eigenvalue weighted by molar-refractivity contribution is -0.143. The second kappa shape index (κ2) is 11.0. The molecule has 2 aromatic rings. The van der Waals surface area contributed by atoms with E-state index in [0.717, 1.165) is 32.4 Å². The monoisotopic (exact) mass is 577 g/mol. The smallest absolute Gasteiger partial charge is 0.352 e. The van der Waals surface area contributed by atoms with Crippen LogP contribution in [0.4, 0.5) is 26.3 Å². The van der Waals surface area contributed by atoms with Crippen LogP contribution in [0.25, 0.3) is 0 Å². The molecule has 1 N–H and O–H groups in total. The number of aryl methyl sites for hydroxylation is 1. The highest BCUT2D eigenvalue weighted by molar-refractivity contribution is 5.84. The summed E-state index contributed by atoms with van der Waals surface area (Å²) >= 11 is 0. The summed E-state index contributed by atoms with van der Waals surface area (Å²) in [5.74, 6) is -0.336. The van der Waals surface area contributed by atoms with Gasteiger partial charge in [0, 0.05) is 12.6 Å². The maximum absolute atomic E-state index is 13.7. The van der Waals surface area contributed by atoms with E-state index in [1.165, 1.54) is 11.1 Å². The molecular formula is C31H33F6N3O. The number of carbonyl (C=O) groups is 1. The quantitative estimate of drug-likeness (QED) is 0.369. The van der Waals surface area contributed by atoms with Crippen molar-refractivity contribution in [2.24, 2.45) is 17.3 Å². The van der Waals surface area contributed by atoms with Crippen molar-refractivity contribution < 1.29 is 31.1 Å². The molecule has 2 saturated carbocycles. The third kappa shape index (κ3) is 6.25. The molecule has 0 spiro atoms. The molecular weight excluding hydrogens is 544 g/mol. The maximum Gasteiger partial charge on any atom is 0.416 e. The normalized spacial score (nSPS) is 27.4. The lowest BCUT2D eigenvalue weighted by Crippen LogP contribution is -2.44. The Hall–Kier alpha value is -3.06. The molecule has 4 atom stereocenters. The van der Waals surface area contributed by atoms with Gasteiger partial charge in [-0.25, -0.2) is 0 Å². The number of alkyl halides is 6. The van der Waals surface area contributed by atoms with E-state index in [0.29, 0.717) is 37.3 Å². The number of amides is 1. The number of hydrogen-bond donors (Lipinski definition) is 1. The third-order valence-corrected chi connectivity index (χ3v) is 9.34. The molecule has 5 rings (SSSR count). The number of piperidine rings is 1. The van der Waals surface area contributed by atoms with Crippen molar-refractivity contribution in [2.75, 3.05) is 13.1 Å². The SMILES string of the molecule is Cc1ccc(C2CCN(C3CCC(C(=O)NCc4cc(C(F)(F)F)cc(C(F)(F)F)c4)(C4CC4C#N)C3)CC2)cc1. The number of halogens is 6. The van der Waals surface area contributed by atoms with Gasteiger partial charge >= 0.3 is 12.4 Å². The van der Waals surface area contributed by atoms with Crippen molar-refractivity contribution in [1.29, 1.82) is 5.26 Å². The van der Waals surface area contributed by atoms with Gasteiger partial charge in [-0.3, -0.25) is 4.79 Å². The average Bonchev–Trinajstić information content (AvgIpc) is 3.60. The molecule has 1 amide bonds. The first kappa shape index (κ1) is 29.4. The van der Waals surface area contributed by atoms with Crippen LogP contribution >= 0.6 is 0 Å². The molecule has 2 aliphatic carbocycles. The van der Waals surface area contributed by atoms with Gasteiger partial charge < -0.3 is 10.2 Å². The van der Waals surface area contributed by atoms with Gasteiger partial charge in [-0.15, -0.1) is 0 Å². The van der Waals surface area contributed by atoms with Crippen LogP contribution in [-0.4, -0.2) is 29.9 Å². The highest BCUT2D eigenvalue weighted by Crippen LogP contribution is 2.59. The average molecular weight is 578 g/mol. The van der Waals surface area contributed by atoms with E-state index in [-0.39, 0.29) is 35.4 Å². The van der Waals surface area contributed by atoms with Crippen molar-refractivity contribution in [1.82, 2.24) is 10.2 Å². The summed E-state index contributed by atoms with van der Waals surface area (Å²) in [5, 5.41) is 12.2. The van der Waals surface area contributed by atoms with Crippen LogP contribution in [-0.2, 0) is 23.7 Å². The zero-order chi connectivity index (χ0) is 29.6. The summed E-state index contributed by atoms with van der Waals surface area (Å²) in [6.45, 7) is 3.38. The summed E-state index contributed by atoms with van der Waals surface area (Å²) in [6, 6.07) is 12.4. The molecule has 1 heterocycles. The Morgan fingerprint density at radius 3 is 2.15 bits per heavy atom. The first-order valence-corrected chi connectivity index (χ1v) is 14.1. The number of likely N-dealkylation sites (tertiary alicyclic amines) is 1. The van der Waals surface area contributed by atoms with Gasteiger partial charge in [0.05, 0.1) is 28.5 Å². The zero-order valence-corrected chi connectivity index (χ0v) is 22.8. The molecule has 1 aliphatic heterocycles. The van der Waals surface area contributed by atoms with Crippen LogP contribution in [0.15, 0.2) is 42.5 Å². The molecule has 4 nitrogen and oxygen atoms in total. The van der Waals surface area contributed by atoms with Gasteiger partial charge in [0.2, 0.25) is 5.91 Å². The van der Waals surface area contributed by atoms with E-state index < -0.39 is 35.4 Å². The van der Waals surface area contributed by atoms with E-state index in [1.807, 2.05) is 0 Å². The molecule has 2 aromatic carbocycles. The van der Waals surface area contributed by atoms with Crippen LogP contribution in [0.1, 0.15) is 72.3 Å². The number of rotatable bonds is 6. The maximum atomic E-state index is 13.7. The van der Waals surface area contributed by atoms with Crippen molar-refractivity contribution >= 4 is 5.91 Å². The standard InChI is InChI=1S/C31H33F6N3O/c1-19-2-4-21(5-3-19)22-7-10-40(11-8-22)26-6-9-29(16-26,27-14-23(27)17-38)28(41)39-18-20-12-24(30(32,33)34)15-25(13-20)31(35,36)37/h2-5,12-13,15,22-23,26-27H,6-11,14,16,18H2,1H3,(H,39,41). The summed E-state index contributed by atoms with van der Waals surface area (Å²) in [7, 11) is 0. The molecule has 0 bridgehead atoms. The minimum absolute atomic E-state index is 0.0814. The molecule has 41 heavy (non-hydrogen) atoms. The van der Waals surface area contributed by atoms with Crippen LogP contribution < -0.4 is 5.32 Å². The molecule has 0 aromatic heterocycles. The van der Waals surface area contributed by atoms with E-state index in [1.54, 1.807) is 0 Å². The fraction of sp³-hybridized carbons (Fsp3) is 0.548. The summed E-state index contributed by atoms with van der Waals surface area (Å²) < 4.78 is 79.8. The Balaban J connectivity index is 1.28. The highest BCUT2D eigenvalue weighted by Gasteiger charge is 2.60. The Morgan fingerprint density at radius 2 is 1.61 bits per heavy atom. The minimum Gasteiger partial charge on any atom is -0.352 e. The summed E-state index contributed by atoms with van der Waals surface area (Å²) in [5.41, 5.74) is -1.39. The van der Waals surface area contributed by atoms with Crippen LogP contribution in [0.5, 0.6) is 0 Å². The lowest BCUT2D eigenvalue weighted by Gasteiger charge is -2.37. The van der Waals surface area contributed by atoms with Crippen molar-refractivity contribution in [3.63, 3.8) is 0 Å². The van der Waals surface area contributed by atoms with Crippen LogP contribution in [0.2, 0.25) is 0 Å². The molecule has 0 radical (unpaired) electrons. The van der Waals surface area contributed by atoms with E-state index >= 15 is 0 Å². The summed E-state index contributed by atoms with van der Waals surface area (Å²) in [4.78, 5) is 16.1. The highest BCUT2D eigenvalue weighted by atomic mass is 19.4. The van der Waals surface area contributed by atoms with Crippen LogP contribution in [0, 0.1) is 35.5 Å². The van der Waals surface area contributed by atoms with Crippen LogP contribution in [0.3, 0.4) is 0 Å². The fourth-order valence-corrected chi connectivity index (χ4v) is 6.94. The predicted octanol–water partition coefficient (Wildman–Crippen LogP) is 7.23. The second-order valence-corrected chi connectivity index (χ2v) is 11.9. The second-order valence-electron chi connectivity index (χ2n) is 11.9. The Kier molecular flexibility index (Phi) is 7.88. The Labute approximate surface area is 235 Å². The molecule has 10 heteroatoms. The number of nitrogens with zero attached hydrogens (tertiary/aromatic N) is 2. The van der Waals surface area contributed by atoms with Crippen molar-refractivity contribution in [2.45, 2.75) is 76.3 Å². The largest absolute Gasteiger partial charge is 0.416 e.